The van der Waals surface area contributed by atoms with Gasteiger partial charge in [0.05, 0.1) is 6.04 Å². The minimum Gasteiger partial charge on any atom is -0.505 e. The number of aromatic hydroxyl groups is 1. The van der Waals surface area contributed by atoms with Gasteiger partial charge in [0, 0.05) is 42.3 Å². The van der Waals surface area contributed by atoms with Gasteiger partial charge in [-0.05, 0) is 62.6 Å². The van der Waals surface area contributed by atoms with Crippen molar-refractivity contribution in [1.29, 1.82) is 0 Å². The Balaban J connectivity index is 2.09. The lowest BCUT2D eigenvalue weighted by Crippen LogP contribution is -2.29. The summed E-state index contributed by atoms with van der Waals surface area (Å²) in [6.07, 6.45) is 2.89. The maximum atomic E-state index is 12.5. The molecule has 0 saturated carbocycles. The lowest BCUT2D eigenvalue weighted by molar-refractivity contribution is -0.121. The number of benzene rings is 2. The number of nitrogens with one attached hydrogen (secondary N) is 1. The first-order chi connectivity index (χ1) is 14.5. The van der Waals surface area contributed by atoms with Crippen molar-refractivity contribution in [3.8, 4) is 5.75 Å². The first-order valence-electron chi connectivity index (χ1n) is 10.7. The van der Waals surface area contributed by atoms with Crippen LogP contribution < -0.4 is 10.2 Å². The molecule has 1 atom stereocenters. The summed E-state index contributed by atoms with van der Waals surface area (Å²) in [5, 5.41) is 15.1. The van der Waals surface area contributed by atoms with Gasteiger partial charge in [-0.1, -0.05) is 25.1 Å². The van der Waals surface area contributed by atoms with Gasteiger partial charge in [0.15, 0.2) is 0 Å². The van der Waals surface area contributed by atoms with Gasteiger partial charge in [-0.3, -0.25) is 9.78 Å². The van der Waals surface area contributed by atoms with Crippen molar-refractivity contribution >= 4 is 22.5 Å². The lowest BCUT2D eigenvalue weighted by atomic mass is 9.93. The van der Waals surface area contributed by atoms with E-state index in [1.165, 1.54) is 0 Å². The summed E-state index contributed by atoms with van der Waals surface area (Å²) < 4.78 is 0. The number of carbonyl (C=O) groups is 1. The van der Waals surface area contributed by atoms with E-state index in [1.54, 1.807) is 6.20 Å². The molecule has 0 aliphatic rings. The van der Waals surface area contributed by atoms with Gasteiger partial charge in [-0.25, -0.2) is 0 Å². The molecule has 0 saturated heterocycles. The van der Waals surface area contributed by atoms with Crippen LogP contribution in [0.5, 0.6) is 5.75 Å². The predicted molar refractivity (Wildman–Crippen MR) is 123 cm³/mol. The normalized spacial score (nSPS) is 12.0. The highest BCUT2D eigenvalue weighted by atomic mass is 16.3. The molecule has 0 bridgehead atoms. The second-order valence-electron chi connectivity index (χ2n) is 7.55. The van der Waals surface area contributed by atoms with Gasteiger partial charge in [0.25, 0.3) is 0 Å². The van der Waals surface area contributed by atoms with Crippen LogP contribution in [0.3, 0.4) is 0 Å². The zero-order valence-corrected chi connectivity index (χ0v) is 18.3. The number of carbonyl (C=O) groups excluding carboxylic acids is 1. The molecule has 30 heavy (non-hydrogen) atoms. The third-order valence-electron chi connectivity index (χ3n) is 5.55. The summed E-state index contributed by atoms with van der Waals surface area (Å²) in [7, 11) is 0. The minimum absolute atomic E-state index is 0.0338. The van der Waals surface area contributed by atoms with E-state index in [2.05, 4.69) is 41.2 Å². The molecule has 3 rings (SSSR count). The number of hydrogen-bond donors (Lipinski definition) is 2. The van der Waals surface area contributed by atoms with E-state index >= 15 is 0 Å². The fourth-order valence-electron chi connectivity index (χ4n) is 3.92. The Hall–Kier alpha value is -3.08. The molecule has 5 heteroatoms. The zero-order chi connectivity index (χ0) is 21.7. The fourth-order valence-corrected chi connectivity index (χ4v) is 3.92. The maximum Gasteiger partial charge on any atom is 0.220 e. The zero-order valence-electron chi connectivity index (χ0n) is 18.3. The monoisotopic (exact) mass is 405 g/mol. The molecule has 158 valence electrons. The van der Waals surface area contributed by atoms with E-state index in [0.29, 0.717) is 17.5 Å². The van der Waals surface area contributed by atoms with E-state index in [9.17, 15) is 9.90 Å². The van der Waals surface area contributed by atoms with E-state index in [4.69, 9.17) is 0 Å². The van der Waals surface area contributed by atoms with Crippen LogP contribution in [0.2, 0.25) is 0 Å². The van der Waals surface area contributed by atoms with Crippen molar-refractivity contribution < 1.29 is 9.90 Å². The molecule has 1 heterocycles. The number of phenolic OH excluding ortho intramolecular Hbond substituents is 1. The highest BCUT2D eigenvalue weighted by Crippen LogP contribution is 2.36. The van der Waals surface area contributed by atoms with Crippen molar-refractivity contribution in [2.45, 2.75) is 46.6 Å². The first-order valence-corrected chi connectivity index (χ1v) is 10.7. The van der Waals surface area contributed by atoms with Gasteiger partial charge < -0.3 is 15.3 Å². The second-order valence-corrected chi connectivity index (χ2v) is 7.55. The van der Waals surface area contributed by atoms with E-state index in [-0.39, 0.29) is 11.7 Å². The number of rotatable bonds is 8. The Labute approximate surface area is 178 Å². The summed E-state index contributed by atoms with van der Waals surface area (Å²) in [6.45, 7) is 10.1. The molecule has 1 aromatic heterocycles. The topological polar surface area (TPSA) is 65.5 Å². The number of phenols is 1. The van der Waals surface area contributed by atoms with Crippen molar-refractivity contribution in [3.05, 3.63) is 65.4 Å². The Bertz CT molecular complexity index is 1010. The summed E-state index contributed by atoms with van der Waals surface area (Å²) in [5.41, 5.74) is 4.31. The van der Waals surface area contributed by atoms with Crippen molar-refractivity contribution in [2.75, 3.05) is 18.0 Å². The molecule has 0 fully saturated rings. The SMILES string of the molecule is CCCC(=O)NC(c1ccc(N(CC)CC)cc1)c1cc(C)c2cccnc2c1O. The molecule has 3 aromatic rings. The van der Waals surface area contributed by atoms with Crippen molar-refractivity contribution in [2.24, 2.45) is 0 Å². The molecule has 2 aromatic carbocycles. The highest BCUT2D eigenvalue weighted by Gasteiger charge is 2.23. The number of fused-ring (bicyclic) bond motifs is 1. The Morgan fingerprint density at radius 2 is 1.83 bits per heavy atom. The van der Waals surface area contributed by atoms with Crippen LogP contribution in [0, 0.1) is 6.92 Å². The molecule has 1 amide bonds. The van der Waals surface area contributed by atoms with Crippen LogP contribution in [-0.2, 0) is 4.79 Å². The van der Waals surface area contributed by atoms with E-state index in [1.807, 2.05) is 44.2 Å². The van der Waals surface area contributed by atoms with Gasteiger partial charge in [0.1, 0.15) is 11.3 Å². The molecular formula is C25H31N3O2. The van der Waals surface area contributed by atoms with E-state index < -0.39 is 6.04 Å². The molecule has 1 unspecified atom stereocenters. The standard InChI is InChI=1S/C25H31N3O2/c1-5-9-22(29)27-23(18-11-13-19(14-12-18)28(6-2)7-3)21-16-17(4)20-10-8-15-26-24(20)25(21)30/h8,10-16,23,30H,5-7,9H2,1-4H3,(H,27,29). The predicted octanol–water partition coefficient (Wildman–Crippen LogP) is 5.10. The highest BCUT2D eigenvalue weighted by molar-refractivity contribution is 5.89. The Morgan fingerprint density at radius 1 is 1.13 bits per heavy atom. The van der Waals surface area contributed by atoms with Crippen LogP contribution in [0.15, 0.2) is 48.7 Å². The number of anilines is 1. The third kappa shape index (κ3) is 4.40. The fraction of sp³-hybridized carbons (Fsp3) is 0.360. The van der Waals surface area contributed by atoms with E-state index in [0.717, 1.165) is 41.7 Å². The average Bonchev–Trinajstić information content (AvgIpc) is 2.76. The number of nitrogens with zero attached hydrogens (tertiary/aromatic N) is 2. The molecule has 0 aliphatic heterocycles. The largest absolute Gasteiger partial charge is 0.505 e. The number of aromatic nitrogens is 1. The van der Waals surface area contributed by atoms with Crippen LogP contribution >= 0.6 is 0 Å². The number of amides is 1. The second kappa shape index (κ2) is 9.61. The minimum atomic E-state index is -0.445. The lowest BCUT2D eigenvalue weighted by Gasteiger charge is -2.24. The van der Waals surface area contributed by atoms with Crippen molar-refractivity contribution in [1.82, 2.24) is 10.3 Å². The smallest absolute Gasteiger partial charge is 0.220 e. The van der Waals surface area contributed by atoms with Crippen LogP contribution in [0.25, 0.3) is 10.9 Å². The molecule has 0 aliphatic carbocycles. The molecule has 0 radical (unpaired) electrons. The van der Waals surface area contributed by atoms with Crippen LogP contribution in [0.1, 0.15) is 56.3 Å². The van der Waals surface area contributed by atoms with Gasteiger partial charge >= 0.3 is 0 Å². The molecule has 0 spiro atoms. The molecular weight excluding hydrogens is 374 g/mol. The Morgan fingerprint density at radius 3 is 2.47 bits per heavy atom. The quantitative estimate of drug-likeness (QED) is 0.547. The maximum absolute atomic E-state index is 12.5. The Kier molecular flexibility index (Phi) is 6.93. The third-order valence-corrected chi connectivity index (χ3v) is 5.55. The average molecular weight is 406 g/mol. The molecule has 5 nitrogen and oxygen atoms in total. The van der Waals surface area contributed by atoms with Crippen LogP contribution in [0.4, 0.5) is 5.69 Å². The summed E-state index contributed by atoms with van der Waals surface area (Å²) in [6, 6.07) is 13.5. The summed E-state index contributed by atoms with van der Waals surface area (Å²) >= 11 is 0. The van der Waals surface area contributed by atoms with Crippen LogP contribution in [-0.4, -0.2) is 29.1 Å². The van der Waals surface area contributed by atoms with Gasteiger partial charge in [-0.2, -0.15) is 0 Å². The number of aryl methyl sites for hydroxylation is 1. The summed E-state index contributed by atoms with van der Waals surface area (Å²) in [4.78, 5) is 19.2. The number of hydrogen-bond acceptors (Lipinski definition) is 4. The molecule has 2 N–H and O–H groups in total. The number of pyridine rings is 1. The van der Waals surface area contributed by atoms with Crippen molar-refractivity contribution in [3.63, 3.8) is 0 Å². The van der Waals surface area contributed by atoms with Gasteiger partial charge in [-0.15, -0.1) is 0 Å². The first kappa shape index (κ1) is 21.6. The summed E-state index contributed by atoms with van der Waals surface area (Å²) in [5.74, 6) is 0.0827. The van der Waals surface area contributed by atoms with Gasteiger partial charge in [0.2, 0.25) is 5.91 Å².